The molecule has 1 fully saturated rings. The van der Waals surface area contributed by atoms with Gasteiger partial charge in [0.2, 0.25) is 0 Å². The lowest BCUT2D eigenvalue weighted by Gasteiger charge is -2.27. The number of Topliss-reactive ketones (excluding diaryl/α,β-unsaturated/α-hetero) is 1. The molecule has 1 aromatic carbocycles. The number of benzene rings is 1. The van der Waals surface area contributed by atoms with Crippen LogP contribution in [0, 0.1) is 11.8 Å². The monoisotopic (exact) mass is 334 g/mol. The van der Waals surface area contributed by atoms with Crippen molar-refractivity contribution in [3.63, 3.8) is 0 Å². The summed E-state index contributed by atoms with van der Waals surface area (Å²) in [6.45, 7) is 0. The Balaban J connectivity index is 1.66. The molecule has 0 saturated heterocycles. The molecule has 4 heteroatoms. The minimum atomic E-state index is -0.171. The molecule has 128 valence electrons. The van der Waals surface area contributed by atoms with Crippen LogP contribution in [0.15, 0.2) is 60.1 Å². The first-order valence-electron chi connectivity index (χ1n) is 8.89. The first-order valence-corrected chi connectivity index (χ1v) is 8.89. The van der Waals surface area contributed by atoms with Gasteiger partial charge in [-0.25, -0.2) is 4.98 Å². The van der Waals surface area contributed by atoms with E-state index >= 15 is 0 Å². The highest BCUT2D eigenvalue weighted by Crippen LogP contribution is 2.39. The number of carbonyl (C=O) groups excluding carboxylic acids is 1. The second-order valence-corrected chi connectivity index (χ2v) is 6.75. The number of rotatable bonds is 4. The number of pyridine rings is 1. The molecule has 1 saturated carbocycles. The fourth-order valence-electron chi connectivity index (χ4n) is 4.03. The Morgan fingerprint density at radius 2 is 1.92 bits per heavy atom. The zero-order valence-electron chi connectivity index (χ0n) is 14.4. The number of ketones is 1. The molecule has 1 unspecified atom stereocenters. The molecule has 0 aliphatic heterocycles. The largest absolute Gasteiger partial charge is 0.500 e. The number of aromatic nitrogens is 1. The maximum absolute atomic E-state index is 13.1. The number of allylic oxidation sites excluding steroid dienone is 4. The van der Waals surface area contributed by atoms with Crippen molar-refractivity contribution in [2.24, 2.45) is 11.8 Å². The summed E-state index contributed by atoms with van der Waals surface area (Å²) in [6.07, 6.45) is 10.1. The molecule has 0 amide bonds. The van der Waals surface area contributed by atoms with Crippen LogP contribution in [0.4, 0.5) is 5.82 Å². The number of hydrogen-bond acceptors (Lipinski definition) is 4. The fourth-order valence-corrected chi connectivity index (χ4v) is 4.03. The molecule has 2 aromatic rings. The summed E-state index contributed by atoms with van der Waals surface area (Å²) < 4.78 is 5.51. The first-order chi connectivity index (χ1) is 12.3. The zero-order chi connectivity index (χ0) is 17.2. The highest BCUT2D eigenvalue weighted by atomic mass is 16.5. The van der Waals surface area contributed by atoms with Gasteiger partial charge in [0.1, 0.15) is 11.6 Å². The number of hydrogen-bond donors (Lipinski definition) is 1. The van der Waals surface area contributed by atoms with Crippen LogP contribution in [0.25, 0.3) is 10.8 Å². The third kappa shape index (κ3) is 2.93. The van der Waals surface area contributed by atoms with E-state index < -0.39 is 0 Å². The second kappa shape index (κ2) is 6.71. The molecule has 1 N–H and O–H groups in total. The summed E-state index contributed by atoms with van der Waals surface area (Å²) in [6, 6.07) is 10.0. The molecule has 2 aliphatic rings. The molecule has 1 atom stereocenters. The van der Waals surface area contributed by atoms with Gasteiger partial charge in [0.05, 0.1) is 18.7 Å². The quantitative estimate of drug-likeness (QED) is 0.897. The summed E-state index contributed by atoms with van der Waals surface area (Å²) in [7, 11) is 1.65. The van der Waals surface area contributed by atoms with Crippen molar-refractivity contribution in [1.82, 2.24) is 4.98 Å². The standard InChI is InChI=1S/C21H22N2O2/c1-25-18-11-10-17(20(24)19(18)15-7-2-3-8-15)23-21-16-9-5-4-6-14(16)12-13-22-21/h4-6,9-13,15,19H,2-3,7-8H2,1H3,(H,22,23). The molecule has 0 spiro atoms. The van der Waals surface area contributed by atoms with Gasteiger partial charge in [-0.2, -0.15) is 0 Å². The van der Waals surface area contributed by atoms with Crippen LogP contribution in [0.5, 0.6) is 0 Å². The van der Waals surface area contributed by atoms with Gasteiger partial charge in [-0.1, -0.05) is 37.1 Å². The Hall–Kier alpha value is -2.62. The molecule has 4 nitrogen and oxygen atoms in total. The number of nitrogens with zero attached hydrogens (tertiary/aromatic N) is 1. The maximum Gasteiger partial charge on any atom is 0.189 e. The van der Waals surface area contributed by atoms with Crippen LogP contribution in [-0.4, -0.2) is 17.9 Å². The lowest BCUT2D eigenvalue weighted by molar-refractivity contribution is -0.120. The van der Waals surface area contributed by atoms with E-state index in [-0.39, 0.29) is 11.7 Å². The number of fused-ring (bicyclic) bond motifs is 1. The van der Waals surface area contributed by atoms with Crippen LogP contribution < -0.4 is 5.32 Å². The SMILES string of the molecule is COC1=CC=C(Nc2nccc3ccccc23)C(=O)C1C1CCCC1. The molecule has 25 heavy (non-hydrogen) atoms. The minimum absolute atomic E-state index is 0.112. The molecular formula is C21H22N2O2. The smallest absolute Gasteiger partial charge is 0.189 e. The van der Waals surface area contributed by atoms with Crippen LogP contribution >= 0.6 is 0 Å². The molecule has 1 heterocycles. The Bertz CT molecular complexity index is 858. The maximum atomic E-state index is 13.1. The van der Waals surface area contributed by atoms with Crippen molar-refractivity contribution in [3.8, 4) is 0 Å². The van der Waals surface area contributed by atoms with Crippen LogP contribution in [0.1, 0.15) is 25.7 Å². The third-order valence-corrected chi connectivity index (χ3v) is 5.30. The van der Waals surface area contributed by atoms with E-state index in [2.05, 4.69) is 10.3 Å². The Morgan fingerprint density at radius 1 is 1.12 bits per heavy atom. The third-order valence-electron chi connectivity index (χ3n) is 5.30. The highest BCUT2D eigenvalue weighted by molar-refractivity contribution is 6.04. The predicted octanol–water partition coefficient (Wildman–Crippen LogP) is 4.45. The van der Waals surface area contributed by atoms with Crippen molar-refractivity contribution < 1.29 is 9.53 Å². The molecule has 2 aliphatic carbocycles. The lowest BCUT2D eigenvalue weighted by Crippen LogP contribution is -2.31. The normalized spacial score (nSPS) is 21.2. The average Bonchev–Trinajstić information content (AvgIpc) is 3.17. The number of carbonyl (C=O) groups is 1. The highest BCUT2D eigenvalue weighted by Gasteiger charge is 2.37. The molecule has 0 bridgehead atoms. The van der Waals surface area contributed by atoms with Crippen molar-refractivity contribution in [2.75, 3.05) is 12.4 Å². The summed E-state index contributed by atoms with van der Waals surface area (Å²) in [5.74, 6) is 1.83. The summed E-state index contributed by atoms with van der Waals surface area (Å²) in [5.41, 5.74) is 0.599. The minimum Gasteiger partial charge on any atom is -0.500 e. The summed E-state index contributed by atoms with van der Waals surface area (Å²) in [4.78, 5) is 17.6. The van der Waals surface area contributed by atoms with Crippen LogP contribution in [0.2, 0.25) is 0 Å². The van der Waals surface area contributed by atoms with Gasteiger partial charge in [-0.15, -0.1) is 0 Å². The predicted molar refractivity (Wildman–Crippen MR) is 99.0 cm³/mol. The Labute approximate surface area is 147 Å². The molecule has 1 aromatic heterocycles. The van der Waals surface area contributed by atoms with E-state index in [1.807, 2.05) is 42.5 Å². The van der Waals surface area contributed by atoms with E-state index in [9.17, 15) is 4.79 Å². The van der Waals surface area contributed by atoms with Gasteiger partial charge in [0, 0.05) is 11.6 Å². The van der Waals surface area contributed by atoms with E-state index in [1.165, 1.54) is 12.8 Å². The van der Waals surface area contributed by atoms with Crippen LogP contribution in [-0.2, 0) is 9.53 Å². The van der Waals surface area contributed by atoms with Gasteiger partial charge in [0.25, 0.3) is 0 Å². The number of methoxy groups -OCH3 is 1. The van der Waals surface area contributed by atoms with Crippen molar-refractivity contribution in [2.45, 2.75) is 25.7 Å². The van der Waals surface area contributed by atoms with Crippen molar-refractivity contribution in [1.29, 1.82) is 0 Å². The molecule has 0 radical (unpaired) electrons. The fraction of sp³-hybridized carbons (Fsp3) is 0.333. The second-order valence-electron chi connectivity index (χ2n) is 6.75. The van der Waals surface area contributed by atoms with Gasteiger partial charge < -0.3 is 10.1 Å². The number of nitrogens with one attached hydrogen (secondary N) is 1. The molecule has 4 rings (SSSR count). The number of anilines is 1. The zero-order valence-corrected chi connectivity index (χ0v) is 14.4. The van der Waals surface area contributed by atoms with Crippen LogP contribution in [0.3, 0.4) is 0 Å². The molecular weight excluding hydrogens is 312 g/mol. The Morgan fingerprint density at radius 3 is 2.72 bits per heavy atom. The van der Waals surface area contributed by atoms with Gasteiger partial charge in [-0.3, -0.25) is 4.79 Å². The van der Waals surface area contributed by atoms with E-state index in [4.69, 9.17) is 4.74 Å². The van der Waals surface area contributed by atoms with Crippen molar-refractivity contribution >= 4 is 22.4 Å². The Kier molecular flexibility index (Phi) is 4.26. The van der Waals surface area contributed by atoms with Crippen molar-refractivity contribution in [3.05, 3.63) is 60.1 Å². The summed E-state index contributed by atoms with van der Waals surface area (Å²) >= 11 is 0. The lowest BCUT2D eigenvalue weighted by atomic mass is 9.82. The van der Waals surface area contributed by atoms with Gasteiger partial charge >= 0.3 is 0 Å². The first kappa shape index (κ1) is 15.9. The van der Waals surface area contributed by atoms with Gasteiger partial charge in [0.15, 0.2) is 5.78 Å². The van der Waals surface area contributed by atoms with E-state index in [1.54, 1.807) is 13.3 Å². The van der Waals surface area contributed by atoms with Gasteiger partial charge in [-0.05, 0) is 42.4 Å². The van der Waals surface area contributed by atoms with E-state index in [0.717, 1.165) is 35.2 Å². The van der Waals surface area contributed by atoms with E-state index in [0.29, 0.717) is 11.6 Å². The topological polar surface area (TPSA) is 51.2 Å². The number of ether oxygens (including phenoxy) is 1. The summed E-state index contributed by atoms with van der Waals surface area (Å²) in [5, 5.41) is 5.38. The average molecular weight is 334 g/mol.